The first-order chi connectivity index (χ1) is 18.1. The molecule has 0 saturated heterocycles. The zero-order chi connectivity index (χ0) is 26.8. The summed E-state index contributed by atoms with van der Waals surface area (Å²) in [5, 5.41) is 3.38. The molecule has 6 rings (SSSR count). The number of fused-ring (bicyclic) bond motifs is 3. The molecule has 7 nitrogen and oxygen atoms in total. The number of benzene rings is 3. The third-order valence-electron chi connectivity index (χ3n) is 5.68. The van der Waals surface area contributed by atoms with Crippen molar-refractivity contribution in [2.45, 2.75) is 0 Å². The Kier molecular flexibility index (Phi) is 6.96. The molecule has 14 heteroatoms. The summed E-state index contributed by atoms with van der Waals surface area (Å²) in [7, 11) is -4.38. The second-order valence-electron chi connectivity index (χ2n) is 8.12. The Balaban J connectivity index is 1.46. The average Bonchev–Trinajstić information content (AvgIpc) is 3.54. The number of aromatic amines is 3. The minimum atomic E-state index is -4.38. The summed E-state index contributed by atoms with van der Waals surface area (Å²) in [5.74, 6) is 0.733. The van der Waals surface area contributed by atoms with Crippen LogP contribution in [-0.4, -0.2) is 15.0 Å². The molecular weight excluding hydrogens is 771 g/mol. The van der Waals surface area contributed by atoms with Gasteiger partial charge in [0.25, 0.3) is 0 Å². The maximum absolute atomic E-state index is 14.4. The Hall–Kier alpha value is -1.78. The van der Waals surface area contributed by atoms with Crippen molar-refractivity contribution >= 4 is 123 Å². The van der Waals surface area contributed by atoms with E-state index in [1.165, 1.54) is 0 Å². The lowest BCUT2D eigenvalue weighted by Crippen LogP contribution is -2.07. The lowest BCUT2D eigenvalue weighted by atomic mass is 10.2. The molecule has 3 N–H and O–H groups in total. The quantitative estimate of drug-likeness (QED) is 0.147. The van der Waals surface area contributed by atoms with Crippen LogP contribution >= 0.6 is 90.4 Å². The zero-order valence-corrected chi connectivity index (χ0v) is 26.5. The van der Waals surface area contributed by atoms with Gasteiger partial charge in [0.1, 0.15) is 0 Å². The number of H-pyrrole nitrogens is 3. The van der Waals surface area contributed by atoms with Crippen molar-refractivity contribution in [3.63, 3.8) is 0 Å². The van der Waals surface area contributed by atoms with E-state index in [1.54, 1.807) is 55.0 Å². The van der Waals surface area contributed by atoms with Crippen LogP contribution in [0.25, 0.3) is 32.7 Å². The molecule has 0 bridgehead atoms. The number of halogens is 6. The van der Waals surface area contributed by atoms with Crippen molar-refractivity contribution in [1.29, 1.82) is 0 Å². The van der Waals surface area contributed by atoms with Crippen LogP contribution in [0, 0.1) is 0 Å². The maximum atomic E-state index is 14.4. The van der Waals surface area contributed by atoms with Gasteiger partial charge in [-0.2, -0.15) is 4.57 Å². The van der Waals surface area contributed by atoms with Crippen molar-refractivity contribution in [2.24, 2.45) is 0 Å². The lowest BCUT2D eigenvalue weighted by molar-refractivity contribution is 0.302. The molecule has 0 radical (unpaired) electrons. The predicted molar refractivity (Wildman–Crippen MR) is 163 cm³/mol. The number of hydrogen-bond donors (Lipinski definition) is 3. The molecule has 0 aliphatic heterocycles. The largest absolute Gasteiger partial charge is 0.647 e. The van der Waals surface area contributed by atoms with E-state index in [9.17, 15) is 4.57 Å². The van der Waals surface area contributed by atoms with E-state index in [1.807, 2.05) is 0 Å². The molecule has 3 aromatic carbocycles. The van der Waals surface area contributed by atoms with Gasteiger partial charge < -0.3 is 28.5 Å². The summed E-state index contributed by atoms with van der Waals surface area (Å²) in [6, 6.07) is 10.4. The van der Waals surface area contributed by atoms with Crippen LogP contribution in [0.4, 0.5) is 0 Å². The summed E-state index contributed by atoms with van der Waals surface area (Å²) in [4.78, 5) is 9.20. The highest BCUT2D eigenvalue weighted by Gasteiger charge is 2.36. The minimum Gasteiger partial charge on any atom is -0.384 e. The monoisotopic (exact) mass is 779 g/mol. The molecule has 0 amide bonds. The van der Waals surface area contributed by atoms with Gasteiger partial charge in [-0.05, 0) is 84.2 Å². The number of hydrogen-bond acceptors (Lipinski definition) is 4. The molecule has 0 spiro atoms. The van der Waals surface area contributed by atoms with Gasteiger partial charge in [0, 0.05) is 48.2 Å². The number of nitrogens with one attached hydrogen (secondary N) is 3. The van der Waals surface area contributed by atoms with Gasteiger partial charge in [-0.1, -0.05) is 34.8 Å². The van der Waals surface area contributed by atoms with E-state index in [4.69, 9.17) is 48.4 Å². The molecule has 0 aliphatic rings. The van der Waals surface area contributed by atoms with E-state index in [-0.39, 0.29) is 17.2 Å². The first kappa shape index (κ1) is 26.4. The van der Waals surface area contributed by atoms with Crippen LogP contribution in [-0.2, 0) is 4.57 Å². The second-order valence-corrected chi connectivity index (χ2v) is 13.3. The molecule has 194 valence electrons. The summed E-state index contributed by atoms with van der Waals surface area (Å²) >= 11 is 29.0. The summed E-state index contributed by atoms with van der Waals surface area (Å²) in [5.41, 5.74) is 2.03. The van der Waals surface area contributed by atoms with Crippen LogP contribution < -0.4 is 13.6 Å². The van der Waals surface area contributed by atoms with Gasteiger partial charge in [-0.3, -0.25) is 0 Å². The second kappa shape index (κ2) is 10.0. The molecule has 6 aromatic rings. The topological polar surface area (TPSA) is 92.1 Å². The molecule has 0 fully saturated rings. The van der Waals surface area contributed by atoms with Gasteiger partial charge in [0.15, 0.2) is 17.2 Å². The fraction of sp³-hybridized carbons (Fsp3) is 0. The first-order valence-corrected chi connectivity index (χ1v) is 15.6. The average molecular weight is 783 g/mol. The fourth-order valence-corrected chi connectivity index (χ4v) is 6.73. The standard InChI is InChI=1S/C24H12Br3Cl3N3O4P/c25-13-1-10-19(4-16(13)28)31-7-22(10)35-38(34,36-23-8-32-20-5-17(29)14(26)2-11(20)23)37-24-9-33-21-6-18(30)15(27)3-12(21)24/h1-9,31-33H. The van der Waals surface area contributed by atoms with Crippen molar-refractivity contribution in [1.82, 2.24) is 15.0 Å². The lowest BCUT2D eigenvalue weighted by Gasteiger charge is -2.18. The highest BCUT2D eigenvalue weighted by molar-refractivity contribution is 9.11. The van der Waals surface area contributed by atoms with E-state index >= 15 is 0 Å². The van der Waals surface area contributed by atoms with E-state index in [2.05, 4.69) is 62.7 Å². The Morgan fingerprint density at radius 2 is 0.842 bits per heavy atom. The molecule has 3 heterocycles. The Bertz CT molecular complexity index is 1720. The summed E-state index contributed by atoms with van der Waals surface area (Å²) in [6.45, 7) is 0. The smallest absolute Gasteiger partial charge is 0.384 e. The third kappa shape index (κ3) is 4.85. The van der Waals surface area contributed by atoms with Crippen molar-refractivity contribution in [2.75, 3.05) is 0 Å². The number of phosphoric ester groups is 1. The van der Waals surface area contributed by atoms with Gasteiger partial charge in [-0.15, -0.1) is 0 Å². The first-order valence-electron chi connectivity index (χ1n) is 10.7. The van der Waals surface area contributed by atoms with Crippen LogP contribution in [0.5, 0.6) is 17.2 Å². The van der Waals surface area contributed by atoms with Gasteiger partial charge >= 0.3 is 7.82 Å². The van der Waals surface area contributed by atoms with Gasteiger partial charge in [0.05, 0.1) is 31.6 Å². The van der Waals surface area contributed by atoms with E-state index in [0.717, 1.165) is 0 Å². The van der Waals surface area contributed by atoms with Crippen LogP contribution in [0.15, 0.2) is 68.4 Å². The maximum Gasteiger partial charge on any atom is 0.647 e. The van der Waals surface area contributed by atoms with E-state index < -0.39 is 7.82 Å². The van der Waals surface area contributed by atoms with Crippen LogP contribution in [0.3, 0.4) is 0 Å². The normalized spacial score (nSPS) is 12.1. The summed E-state index contributed by atoms with van der Waals surface area (Å²) < 4.78 is 34.4. The number of rotatable bonds is 6. The fourth-order valence-electron chi connectivity index (χ4n) is 3.92. The van der Waals surface area contributed by atoms with Crippen molar-refractivity contribution in [3.8, 4) is 17.2 Å². The molecule has 3 aromatic heterocycles. The molecule has 0 aliphatic carbocycles. The number of aromatic nitrogens is 3. The molecular formula is C24H12Br3Cl3N3O4P. The number of phosphoric acid groups is 1. The van der Waals surface area contributed by atoms with Crippen molar-refractivity contribution in [3.05, 3.63) is 83.5 Å². The van der Waals surface area contributed by atoms with E-state index in [0.29, 0.717) is 61.2 Å². The Morgan fingerprint density at radius 1 is 0.553 bits per heavy atom. The van der Waals surface area contributed by atoms with Crippen molar-refractivity contribution < 1.29 is 18.1 Å². The zero-order valence-electron chi connectivity index (χ0n) is 18.5. The molecule has 0 saturated carbocycles. The SMILES string of the molecule is O=P(Oc1c[nH]c2cc(Cl)c(Br)cc12)(Oc1c[nH]c2cc(Cl)c(Br)cc12)Oc1c[nH]c2cc(Cl)c(Br)cc12. The minimum absolute atomic E-state index is 0.244. The van der Waals surface area contributed by atoms with Crippen LogP contribution in [0.2, 0.25) is 15.1 Å². The van der Waals surface area contributed by atoms with Gasteiger partial charge in [0.2, 0.25) is 0 Å². The van der Waals surface area contributed by atoms with Crippen LogP contribution in [0.1, 0.15) is 0 Å². The highest BCUT2D eigenvalue weighted by Crippen LogP contribution is 2.54. The molecule has 0 unspecified atom stereocenters. The molecule has 0 atom stereocenters. The Labute approximate surface area is 255 Å². The van der Waals surface area contributed by atoms with Gasteiger partial charge in [-0.25, -0.2) is 0 Å². The predicted octanol–water partition coefficient (Wildman–Crippen LogP) is 11.0. The third-order valence-corrected chi connectivity index (χ3v) is 10.5. The summed E-state index contributed by atoms with van der Waals surface area (Å²) in [6.07, 6.45) is 4.68. The molecule has 38 heavy (non-hydrogen) atoms. The Morgan fingerprint density at radius 3 is 1.13 bits per heavy atom. The highest BCUT2D eigenvalue weighted by atomic mass is 79.9.